The molecule has 0 fully saturated rings. The molecule has 0 saturated carbocycles. The van der Waals surface area contributed by atoms with Gasteiger partial charge in [-0.15, -0.1) is 0 Å². The highest BCUT2D eigenvalue weighted by Crippen LogP contribution is 2.13. The quantitative estimate of drug-likeness (QED) is 0.570. The predicted octanol–water partition coefficient (Wildman–Crippen LogP) is -0.138. The van der Waals surface area contributed by atoms with Gasteiger partial charge in [-0.1, -0.05) is 0 Å². The molecule has 0 unspecified atom stereocenters. The highest BCUT2D eigenvalue weighted by atomic mass is 16.5. The Hall–Kier alpha value is -1.56. The van der Waals surface area contributed by atoms with Gasteiger partial charge in [-0.2, -0.15) is 9.97 Å². The SMILES string of the molecule is COc1cc(NCCCO)nc(N)n1. The van der Waals surface area contributed by atoms with Crippen molar-refractivity contribution >= 4 is 11.8 Å². The van der Waals surface area contributed by atoms with Gasteiger partial charge in [0.1, 0.15) is 5.82 Å². The van der Waals surface area contributed by atoms with Crippen LogP contribution in [0.4, 0.5) is 11.8 Å². The van der Waals surface area contributed by atoms with E-state index in [1.165, 1.54) is 7.11 Å². The fourth-order valence-electron chi connectivity index (χ4n) is 0.933. The van der Waals surface area contributed by atoms with Crippen LogP contribution in [0, 0.1) is 0 Å². The first-order chi connectivity index (χ1) is 6.76. The molecule has 6 nitrogen and oxygen atoms in total. The molecule has 1 aromatic rings. The highest BCUT2D eigenvalue weighted by Gasteiger charge is 2.00. The molecule has 0 saturated heterocycles. The van der Waals surface area contributed by atoms with Crippen molar-refractivity contribution < 1.29 is 9.84 Å². The second kappa shape index (κ2) is 5.23. The zero-order valence-electron chi connectivity index (χ0n) is 8.03. The monoisotopic (exact) mass is 198 g/mol. The van der Waals surface area contributed by atoms with Crippen LogP contribution >= 0.6 is 0 Å². The van der Waals surface area contributed by atoms with Gasteiger partial charge < -0.3 is 20.9 Å². The number of anilines is 2. The number of methoxy groups -OCH3 is 1. The molecule has 0 aliphatic rings. The predicted molar refractivity (Wildman–Crippen MR) is 53.2 cm³/mol. The third-order valence-electron chi connectivity index (χ3n) is 1.57. The maximum absolute atomic E-state index is 8.58. The minimum Gasteiger partial charge on any atom is -0.481 e. The number of nitrogens with zero attached hydrogens (tertiary/aromatic N) is 2. The minimum atomic E-state index is 0.144. The molecule has 1 heterocycles. The van der Waals surface area contributed by atoms with Crippen molar-refractivity contribution in [2.45, 2.75) is 6.42 Å². The Morgan fingerprint density at radius 1 is 1.57 bits per heavy atom. The number of aliphatic hydroxyl groups excluding tert-OH is 1. The Kier molecular flexibility index (Phi) is 3.93. The van der Waals surface area contributed by atoms with Gasteiger partial charge in [-0.05, 0) is 6.42 Å². The van der Waals surface area contributed by atoms with Crippen molar-refractivity contribution in [1.29, 1.82) is 0 Å². The van der Waals surface area contributed by atoms with Crippen LogP contribution in [0.25, 0.3) is 0 Å². The van der Waals surface area contributed by atoms with E-state index < -0.39 is 0 Å². The molecular formula is C8H14N4O2. The van der Waals surface area contributed by atoms with Crippen LogP contribution in [0.2, 0.25) is 0 Å². The second-order valence-corrected chi connectivity index (χ2v) is 2.66. The molecule has 14 heavy (non-hydrogen) atoms. The second-order valence-electron chi connectivity index (χ2n) is 2.66. The molecule has 6 heteroatoms. The maximum Gasteiger partial charge on any atom is 0.225 e. The molecule has 0 radical (unpaired) electrons. The molecule has 0 spiro atoms. The number of aromatic nitrogens is 2. The average molecular weight is 198 g/mol. The lowest BCUT2D eigenvalue weighted by atomic mass is 10.4. The first-order valence-corrected chi connectivity index (χ1v) is 4.29. The van der Waals surface area contributed by atoms with Gasteiger partial charge in [0.25, 0.3) is 0 Å². The highest BCUT2D eigenvalue weighted by molar-refractivity contribution is 5.42. The topological polar surface area (TPSA) is 93.3 Å². The Morgan fingerprint density at radius 3 is 3.00 bits per heavy atom. The van der Waals surface area contributed by atoms with E-state index in [4.69, 9.17) is 15.6 Å². The van der Waals surface area contributed by atoms with Crippen molar-refractivity contribution in [2.24, 2.45) is 0 Å². The van der Waals surface area contributed by atoms with Crippen molar-refractivity contribution in [1.82, 2.24) is 9.97 Å². The molecule has 4 N–H and O–H groups in total. The van der Waals surface area contributed by atoms with E-state index in [0.717, 1.165) is 0 Å². The zero-order chi connectivity index (χ0) is 10.4. The molecule has 0 bridgehead atoms. The summed E-state index contributed by atoms with van der Waals surface area (Å²) in [4.78, 5) is 7.78. The number of hydrogen-bond acceptors (Lipinski definition) is 6. The van der Waals surface area contributed by atoms with Crippen LogP contribution in [0.1, 0.15) is 6.42 Å². The summed E-state index contributed by atoms with van der Waals surface area (Å²) < 4.78 is 4.92. The largest absolute Gasteiger partial charge is 0.481 e. The van der Waals surface area contributed by atoms with E-state index >= 15 is 0 Å². The lowest BCUT2D eigenvalue weighted by Gasteiger charge is -2.06. The Bertz CT molecular complexity index is 293. The van der Waals surface area contributed by atoms with Gasteiger partial charge in [0.05, 0.1) is 7.11 Å². The molecule has 0 amide bonds. The summed E-state index contributed by atoms with van der Waals surface area (Å²) in [6.45, 7) is 0.779. The van der Waals surface area contributed by atoms with Gasteiger partial charge in [0, 0.05) is 19.2 Å². The molecule has 1 aromatic heterocycles. The molecule has 1 rings (SSSR count). The molecule has 0 aromatic carbocycles. The van der Waals surface area contributed by atoms with Crippen molar-refractivity contribution in [2.75, 3.05) is 31.3 Å². The van der Waals surface area contributed by atoms with E-state index in [-0.39, 0.29) is 12.6 Å². The summed E-state index contributed by atoms with van der Waals surface area (Å²) in [7, 11) is 1.51. The molecule has 0 atom stereocenters. The summed E-state index contributed by atoms with van der Waals surface area (Å²) >= 11 is 0. The number of nitrogens with two attached hydrogens (primary N) is 1. The van der Waals surface area contributed by atoms with Crippen molar-refractivity contribution in [3.63, 3.8) is 0 Å². The van der Waals surface area contributed by atoms with Crippen LogP contribution < -0.4 is 15.8 Å². The van der Waals surface area contributed by atoms with Crippen LogP contribution in [0.3, 0.4) is 0 Å². The Morgan fingerprint density at radius 2 is 2.36 bits per heavy atom. The number of rotatable bonds is 5. The van der Waals surface area contributed by atoms with Gasteiger partial charge in [-0.25, -0.2) is 0 Å². The minimum absolute atomic E-state index is 0.144. The summed E-state index contributed by atoms with van der Waals surface area (Å²) in [5.41, 5.74) is 5.45. The van der Waals surface area contributed by atoms with Crippen molar-refractivity contribution in [3.05, 3.63) is 6.07 Å². The standard InChI is InChI=1S/C8H14N4O2/c1-14-7-5-6(10-3-2-4-13)11-8(9)12-7/h5,13H,2-4H2,1H3,(H3,9,10,11,12). The Labute approximate surface area is 82.1 Å². The van der Waals surface area contributed by atoms with Crippen molar-refractivity contribution in [3.8, 4) is 5.88 Å². The zero-order valence-corrected chi connectivity index (χ0v) is 8.03. The maximum atomic E-state index is 8.58. The number of nitrogens with one attached hydrogen (secondary N) is 1. The van der Waals surface area contributed by atoms with Crippen LogP contribution in [-0.2, 0) is 0 Å². The molecular weight excluding hydrogens is 184 g/mol. The van der Waals surface area contributed by atoms with E-state index in [9.17, 15) is 0 Å². The first kappa shape index (κ1) is 10.5. The fraction of sp³-hybridized carbons (Fsp3) is 0.500. The van der Waals surface area contributed by atoms with Gasteiger partial charge in [0.2, 0.25) is 11.8 Å². The number of aliphatic hydroxyl groups is 1. The van der Waals surface area contributed by atoms with Crippen LogP contribution in [0.5, 0.6) is 5.88 Å². The number of nitrogen functional groups attached to an aromatic ring is 1. The normalized spacial score (nSPS) is 9.86. The lowest BCUT2D eigenvalue weighted by molar-refractivity contribution is 0.292. The smallest absolute Gasteiger partial charge is 0.225 e. The number of hydrogen-bond donors (Lipinski definition) is 3. The molecule has 0 aliphatic carbocycles. The summed E-state index contributed by atoms with van der Waals surface area (Å²) in [5, 5.41) is 11.6. The van der Waals surface area contributed by atoms with Crippen LogP contribution in [0.15, 0.2) is 6.07 Å². The number of ether oxygens (including phenoxy) is 1. The van der Waals surface area contributed by atoms with E-state index in [1.54, 1.807) is 6.07 Å². The summed E-state index contributed by atoms with van der Waals surface area (Å²) in [5.74, 6) is 1.18. The summed E-state index contributed by atoms with van der Waals surface area (Å²) in [6.07, 6.45) is 0.659. The van der Waals surface area contributed by atoms with Crippen LogP contribution in [-0.4, -0.2) is 35.3 Å². The molecule has 78 valence electrons. The Balaban J connectivity index is 2.62. The van der Waals surface area contributed by atoms with Gasteiger partial charge >= 0.3 is 0 Å². The first-order valence-electron chi connectivity index (χ1n) is 4.29. The van der Waals surface area contributed by atoms with Gasteiger partial charge in [-0.3, -0.25) is 0 Å². The van der Waals surface area contributed by atoms with E-state index in [1.807, 2.05) is 0 Å². The van der Waals surface area contributed by atoms with E-state index in [2.05, 4.69) is 15.3 Å². The third-order valence-corrected chi connectivity index (χ3v) is 1.57. The fourth-order valence-corrected chi connectivity index (χ4v) is 0.933. The van der Waals surface area contributed by atoms with E-state index in [0.29, 0.717) is 24.7 Å². The molecule has 0 aliphatic heterocycles. The summed E-state index contributed by atoms with van der Waals surface area (Å²) in [6, 6.07) is 1.65. The van der Waals surface area contributed by atoms with Gasteiger partial charge in [0.15, 0.2) is 0 Å². The third kappa shape index (κ3) is 3.06. The average Bonchev–Trinajstić information content (AvgIpc) is 2.17. The lowest BCUT2D eigenvalue weighted by Crippen LogP contribution is -2.07.